The van der Waals surface area contributed by atoms with Crippen molar-refractivity contribution in [2.45, 2.75) is 0 Å². The van der Waals surface area contributed by atoms with Crippen LogP contribution in [-0.2, 0) is 0 Å². The van der Waals surface area contributed by atoms with Crippen LogP contribution in [0.2, 0.25) is 0 Å². The Hall–Kier alpha value is -2.55. The van der Waals surface area contributed by atoms with Crippen molar-refractivity contribution in [3.8, 4) is 5.69 Å². The van der Waals surface area contributed by atoms with E-state index in [9.17, 15) is 4.79 Å². The maximum atomic E-state index is 13.0. The van der Waals surface area contributed by atoms with Gasteiger partial charge in [0, 0.05) is 16.5 Å². The summed E-state index contributed by atoms with van der Waals surface area (Å²) in [7, 11) is 10.9. The van der Waals surface area contributed by atoms with Gasteiger partial charge in [-0.25, -0.2) is 0 Å². The molecule has 0 aliphatic carbocycles. The van der Waals surface area contributed by atoms with Crippen molar-refractivity contribution < 1.29 is 0 Å². The predicted molar refractivity (Wildman–Crippen MR) is 128 cm³/mol. The molecule has 7 heteroatoms. The maximum absolute atomic E-state index is 13.0. The third-order valence-corrected chi connectivity index (χ3v) is 5.96. The number of hydrogen-bond acceptors (Lipinski definition) is 1. The van der Waals surface area contributed by atoms with Crippen LogP contribution in [0.5, 0.6) is 0 Å². The summed E-state index contributed by atoms with van der Waals surface area (Å²) < 4.78 is 2.27. The van der Waals surface area contributed by atoms with E-state index in [2.05, 4.69) is 43.8 Å². The quantitative estimate of drug-likeness (QED) is 0.255. The molecule has 26 heavy (non-hydrogen) atoms. The molecule has 1 aromatic heterocycles. The van der Waals surface area contributed by atoms with Crippen LogP contribution in [-0.4, -0.2) is 43.8 Å². The molecule has 0 saturated heterocycles. The Morgan fingerprint density at radius 1 is 0.577 bits per heavy atom. The molecule has 3 aromatic carbocycles. The summed E-state index contributed by atoms with van der Waals surface area (Å²) in [5, 5.41) is 1.53. The van der Waals surface area contributed by atoms with E-state index in [-0.39, 0.29) is 5.43 Å². The smallest absolute Gasteiger partial charge is 0.197 e. The molecule has 2 nitrogen and oxygen atoms in total. The first kappa shape index (κ1) is 16.9. The minimum Gasteiger partial charge on any atom is -0.310 e. The van der Waals surface area contributed by atoms with Crippen molar-refractivity contribution in [2.24, 2.45) is 0 Å². The first-order chi connectivity index (χ1) is 12.4. The van der Waals surface area contributed by atoms with Crippen LogP contribution >= 0.6 is 0 Å². The maximum Gasteiger partial charge on any atom is 0.197 e. The van der Waals surface area contributed by atoms with Crippen molar-refractivity contribution >= 4 is 88.4 Å². The fourth-order valence-electron chi connectivity index (χ4n) is 4.05. The molecule has 4 aromatic rings. The Kier molecular flexibility index (Phi) is 3.91. The van der Waals surface area contributed by atoms with E-state index >= 15 is 0 Å². The Bertz CT molecular complexity index is 1170. The predicted octanol–water partition coefficient (Wildman–Crippen LogP) is -4.56. The van der Waals surface area contributed by atoms with Gasteiger partial charge in [0.05, 0.1) is 11.0 Å². The average Bonchev–Trinajstić information content (AvgIpc) is 2.67. The van der Waals surface area contributed by atoms with Gasteiger partial charge < -0.3 is 4.57 Å². The molecular weight excluding hydrogens is 312 g/mol. The van der Waals surface area contributed by atoms with Gasteiger partial charge >= 0.3 is 0 Å². The molecule has 0 spiro atoms. The second-order valence-electron chi connectivity index (χ2n) is 7.17. The number of nitrogens with zero attached hydrogens (tertiary/aromatic N) is 1. The molecule has 0 aliphatic rings. The Balaban J connectivity index is 2.34. The fraction of sp³-hybridized carbons (Fsp3) is 0. The zero-order valence-electron chi connectivity index (χ0n) is 16.0. The molecule has 4 rings (SSSR count). The SMILES string of the molecule is Bc1c(B)c(B)c(-n2c3ccccc3c(=O)c3ccccc32)c(B)c1B. The number of hydrogen-bond donors (Lipinski definition) is 0. The molecular formula is C19H18B5NO. The summed E-state index contributed by atoms with van der Waals surface area (Å²) >= 11 is 0. The first-order valence-electron chi connectivity index (χ1n) is 9.03. The zero-order chi connectivity index (χ0) is 18.6. The number of fused-ring (bicyclic) bond motifs is 2. The van der Waals surface area contributed by atoms with E-state index < -0.39 is 0 Å². The zero-order valence-corrected chi connectivity index (χ0v) is 16.0. The van der Waals surface area contributed by atoms with Crippen LogP contribution < -0.4 is 32.7 Å². The highest BCUT2D eigenvalue weighted by Gasteiger charge is 2.17. The Morgan fingerprint density at radius 3 is 1.42 bits per heavy atom. The van der Waals surface area contributed by atoms with Gasteiger partial charge in [-0.1, -0.05) is 46.1 Å². The molecule has 0 atom stereocenters. The molecule has 0 aliphatic heterocycles. The van der Waals surface area contributed by atoms with Crippen molar-refractivity contribution in [1.82, 2.24) is 4.57 Å². The highest BCUT2D eigenvalue weighted by Crippen LogP contribution is 2.21. The van der Waals surface area contributed by atoms with Gasteiger partial charge in [0.25, 0.3) is 0 Å². The normalized spacial score (nSPS) is 11.2. The minimum atomic E-state index is 0.100. The molecule has 0 saturated carbocycles. The lowest BCUT2D eigenvalue weighted by atomic mass is 9.61. The number of pyridine rings is 1. The van der Waals surface area contributed by atoms with E-state index in [4.69, 9.17) is 0 Å². The monoisotopic (exact) mass is 331 g/mol. The highest BCUT2D eigenvalue weighted by molar-refractivity contribution is 6.68. The molecule has 1 heterocycles. The fourth-order valence-corrected chi connectivity index (χ4v) is 4.05. The van der Waals surface area contributed by atoms with Gasteiger partial charge in [0.2, 0.25) is 0 Å². The van der Waals surface area contributed by atoms with Gasteiger partial charge in [-0.2, -0.15) is 0 Å². The summed E-state index contributed by atoms with van der Waals surface area (Å²) in [6, 6.07) is 15.8. The number of aromatic nitrogens is 1. The van der Waals surface area contributed by atoms with Crippen molar-refractivity contribution in [3.05, 3.63) is 58.8 Å². The summed E-state index contributed by atoms with van der Waals surface area (Å²) in [6.07, 6.45) is 0. The van der Waals surface area contributed by atoms with Gasteiger partial charge in [-0.15, -0.1) is 5.46 Å². The lowest BCUT2D eigenvalue weighted by Crippen LogP contribution is -2.56. The second-order valence-corrected chi connectivity index (χ2v) is 7.17. The third kappa shape index (κ3) is 2.23. The molecule has 0 fully saturated rings. The number of benzene rings is 3. The molecule has 0 amide bonds. The average molecular weight is 330 g/mol. The van der Waals surface area contributed by atoms with Gasteiger partial charge in [-0.05, 0) is 24.3 Å². The third-order valence-electron chi connectivity index (χ3n) is 5.96. The van der Waals surface area contributed by atoms with E-state index in [1.54, 1.807) is 0 Å². The van der Waals surface area contributed by atoms with Crippen molar-refractivity contribution in [1.29, 1.82) is 0 Å². The van der Waals surface area contributed by atoms with Crippen LogP contribution in [0.25, 0.3) is 27.5 Å². The molecule has 0 unspecified atom stereocenters. The van der Waals surface area contributed by atoms with E-state index in [1.165, 1.54) is 33.0 Å². The van der Waals surface area contributed by atoms with Crippen molar-refractivity contribution in [2.75, 3.05) is 0 Å². The Labute approximate surface area is 157 Å². The molecule has 0 N–H and O–H groups in total. The topological polar surface area (TPSA) is 22.0 Å². The van der Waals surface area contributed by atoms with Crippen LogP contribution in [0, 0.1) is 0 Å². The lowest BCUT2D eigenvalue weighted by molar-refractivity contribution is 1.19. The minimum absolute atomic E-state index is 0.100. The summed E-state index contributed by atoms with van der Waals surface area (Å²) in [5.74, 6) is 0. The van der Waals surface area contributed by atoms with Crippen molar-refractivity contribution in [3.63, 3.8) is 0 Å². The lowest BCUT2D eigenvalue weighted by Gasteiger charge is -2.24. The second kappa shape index (κ2) is 6.01. The van der Waals surface area contributed by atoms with E-state index in [0.29, 0.717) is 0 Å². The van der Waals surface area contributed by atoms with Gasteiger partial charge in [0.15, 0.2) is 5.43 Å². The van der Waals surface area contributed by atoms with Gasteiger partial charge in [-0.3, -0.25) is 4.79 Å². The summed E-state index contributed by atoms with van der Waals surface area (Å²) in [4.78, 5) is 13.0. The van der Waals surface area contributed by atoms with Gasteiger partial charge in [0.1, 0.15) is 39.2 Å². The van der Waals surface area contributed by atoms with Crippen LogP contribution in [0.15, 0.2) is 53.3 Å². The standard InChI is InChI=1S/C19H18B5NO/c20-13-14(21)16(23)18(17(24)15(13)22)25-11-7-3-1-5-9(11)19(26)10-6-2-4-8-12(10)25/h1-8H,20-24H2. The highest BCUT2D eigenvalue weighted by atomic mass is 16.1. The summed E-state index contributed by atoms with van der Waals surface area (Å²) in [6.45, 7) is 0. The number of rotatable bonds is 1. The molecule has 120 valence electrons. The van der Waals surface area contributed by atoms with E-state index in [1.807, 2.05) is 48.5 Å². The Morgan fingerprint density at radius 2 is 0.962 bits per heavy atom. The molecule has 0 radical (unpaired) electrons. The van der Waals surface area contributed by atoms with Crippen LogP contribution in [0.1, 0.15) is 0 Å². The largest absolute Gasteiger partial charge is 0.310 e. The number of para-hydroxylation sites is 2. The molecule has 0 bridgehead atoms. The summed E-state index contributed by atoms with van der Waals surface area (Å²) in [5.41, 5.74) is 9.73. The van der Waals surface area contributed by atoms with Crippen LogP contribution in [0.4, 0.5) is 0 Å². The van der Waals surface area contributed by atoms with Crippen LogP contribution in [0.3, 0.4) is 0 Å². The van der Waals surface area contributed by atoms with E-state index in [0.717, 1.165) is 21.8 Å². The first-order valence-corrected chi connectivity index (χ1v) is 9.03.